The Morgan fingerprint density at radius 1 is 0.958 bits per heavy atom. The van der Waals surface area contributed by atoms with Crippen molar-refractivity contribution in [1.29, 1.82) is 5.41 Å². The van der Waals surface area contributed by atoms with E-state index >= 15 is 0 Å². The highest BCUT2D eigenvalue weighted by Crippen LogP contribution is 2.17. The molecular formula is C18H21Br2N3O. The van der Waals surface area contributed by atoms with E-state index in [4.69, 9.17) is 10.1 Å². The van der Waals surface area contributed by atoms with Crippen molar-refractivity contribution in [1.82, 2.24) is 9.13 Å². The van der Waals surface area contributed by atoms with Crippen LogP contribution < -0.4 is 10.4 Å². The van der Waals surface area contributed by atoms with E-state index in [1.54, 1.807) is 0 Å². The Morgan fingerprint density at radius 2 is 1.54 bits per heavy atom. The molecule has 0 fully saturated rings. The Kier molecular flexibility index (Phi) is 6.69. The fourth-order valence-electron chi connectivity index (χ4n) is 2.76. The van der Waals surface area contributed by atoms with Gasteiger partial charge in [0.1, 0.15) is 12.4 Å². The van der Waals surface area contributed by atoms with Crippen molar-refractivity contribution in [2.45, 2.75) is 26.4 Å². The first-order valence-electron chi connectivity index (χ1n) is 7.81. The molecule has 4 nitrogen and oxygen atoms in total. The number of halogens is 2. The summed E-state index contributed by atoms with van der Waals surface area (Å²) in [4.78, 5) is 0. The van der Waals surface area contributed by atoms with E-state index in [-0.39, 0.29) is 17.0 Å². The van der Waals surface area contributed by atoms with Gasteiger partial charge in [-0.05, 0) is 42.8 Å². The van der Waals surface area contributed by atoms with Crippen LogP contribution in [0.1, 0.15) is 13.3 Å². The minimum absolute atomic E-state index is 0. The number of imidazole rings is 1. The van der Waals surface area contributed by atoms with Crippen molar-refractivity contribution in [3.63, 3.8) is 0 Å². The van der Waals surface area contributed by atoms with Gasteiger partial charge >= 0.3 is 0 Å². The summed E-state index contributed by atoms with van der Waals surface area (Å²) in [7, 11) is 0. The maximum absolute atomic E-state index is 8.45. The van der Waals surface area contributed by atoms with E-state index in [1.165, 1.54) is 0 Å². The molecule has 0 saturated heterocycles. The maximum Gasteiger partial charge on any atom is 0.203 e. The number of hydrogen-bond acceptors (Lipinski definition) is 2. The molecule has 6 heteroatoms. The van der Waals surface area contributed by atoms with Crippen molar-refractivity contribution in [2.75, 3.05) is 6.61 Å². The lowest BCUT2D eigenvalue weighted by Gasteiger charge is -2.08. The lowest BCUT2D eigenvalue weighted by Crippen LogP contribution is -2.26. The molecule has 3 aromatic rings. The lowest BCUT2D eigenvalue weighted by molar-refractivity contribution is 0.296. The molecule has 0 bridgehead atoms. The van der Waals surface area contributed by atoms with Crippen LogP contribution in [0.2, 0.25) is 0 Å². The number of aromatic nitrogens is 2. The molecule has 0 amide bonds. The number of para-hydroxylation sites is 2. The van der Waals surface area contributed by atoms with E-state index in [0.29, 0.717) is 18.8 Å². The van der Waals surface area contributed by atoms with Gasteiger partial charge in [-0.15, -0.1) is 17.0 Å². The number of nitrogens with zero attached hydrogens (tertiary/aromatic N) is 2. The van der Waals surface area contributed by atoms with Gasteiger partial charge in [0.25, 0.3) is 0 Å². The molecule has 0 radical (unpaired) electrons. The summed E-state index contributed by atoms with van der Waals surface area (Å²) >= 11 is 3.42. The van der Waals surface area contributed by atoms with Crippen molar-refractivity contribution >= 4 is 43.9 Å². The predicted octanol–water partition coefficient (Wildman–Crippen LogP) is 4.75. The van der Waals surface area contributed by atoms with Crippen LogP contribution in [0, 0.1) is 5.41 Å². The Bertz CT molecular complexity index is 853. The van der Waals surface area contributed by atoms with Gasteiger partial charge in [-0.1, -0.05) is 35.0 Å². The molecule has 1 N–H and O–H groups in total. The molecule has 0 saturated carbocycles. The van der Waals surface area contributed by atoms with Gasteiger partial charge in [-0.3, -0.25) is 5.41 Å². The van der Waals surface area contributed by atoms with Crippen LogP contribution in [0.4, 0.5) is 0 Å². The van der Waals surface area contributed by atoms with Crippen LogP contribution in [-0.2, 0) is 13.1 Å². The molecule has 3 rings (SSSR count). The molecule has 0 aliphatic carbocycles. The van der Waals surface area contributed by atoms with Gasteiger partial charge < -0.3 is 13.9 Å². The average molecular weight is 455 g/mol. The molecule has 0 aliphatic rings. The van der Waals surface area contributed by atoms with Gasteiger partial charge in [-0.25, -0.2) is 0 Å². The quantitative estimate of drug-likeness (QED) is 0.573. The highest BCUT2D eigenvalue weighted by atomic mass is 79.9. The SMILES string of the molecule is Br.CCCn1c(=N)n(CCOc2ccc(Br)cc2)c2ccccc21. The van der Waals surface area contributed by atoms with Crippen molar-refractivity contribution in [3.05, 3.63) is 58.6 Å². The van der Waals surface area contributed by atoms with E-state index < -0.39 is 0 Å². The molecule has 0 unspecified atom stereocenters. The molecule has 128 valence electrons. The number of rotatable bonds is 6. The summed E-state index contributed by atoms with van der Waals surface area (Å²) in [6.07, 6.45) is 1.01. The van der Waals surface area contributed by atoms with E-state index in [2.05, 4.69) is 39.6 Å². The summed E-state index contributed by atoms with van der Waals surface area (Å²) in [5, 5.41) is 8.45. The van der Waals surface area contributed by atoms with Crippen LogP contribution in [-0.4, -0.2) is 15.7 Å². The predicted molar refractivity (Wildman–Crippen MR) is 106 cm³/mol. The third kappa shape index (κ3) is 3.92. The van der Waals surface area contributed by atoms with Gasteiger partial charge in [-0.2, -0.15) is 0 Å². The van der Waals surface area contributed by atoms with Crippen molar-refractivity contribution in [2.24, 2.45) is 0 Å². The van der Waals surface area contributed by atoms with Crippen LogP contribution in [0.5, 0.6) is 5.75 Å². The first-order chi connectivity index (χ1) is 11.2. The summed E-state index contributed by atoms with van der Waals surface area (Å²) in [5.41, 5.74) is 2.74. The number of hydrogen-bond donors (Lipinski definition) is 1. The van der Waals surface area contributed by atoms with E-state index in [9.17, 15) is 0 Å². The summed E-state index contributed by atoms with van der Waals surface area (Å²) in [5.74, 6) is 0.845. The summed E-state index contributed by atoms with van der Waals surface area (Å²) in [6, 6.07) is 16.0. The van der Waals surface area contributed by atoms with Crippen LogP contribution in [0.25, 0.3) is 11.0 Å². The first kappa shape index (κ1) is 18.8. The Hall–Kier alpha value is -1.53. The molecule has 0 atom stereocenters. The highest BCUT2D eigenvalue weighted by Gasteiger charge is 2.09. The normalized spacial score (nSPS) is 10.6. The smallest absolute Gasteiger partial charge is 0.203 e. The van der Waals surface area contributed by atoms with Crippen molar-refractivity contribution in [3.8, 4) is 5.75 Å². The van der Waals surface area contributed by atoms with E-state index in [1.807, 2.05) is 41.0 Å². The van der Waals surface area contributed by atoms with Gasteiger partial charge in [0.15, 0.2) is 0 Å². The fraction of sp³-hybridized carbons (Fsp3) is 0.278. The van der Waals surface area contributed by atoms with E-state index in [0.717, 1.165) is 34.2 Å². The molecule has 0 aliphatic heterocycles. The number of fused-ring (bicyclic) bond motifs is 1. The maximum atomic E-state index is 8.45. The van der Waals surface area contributed by atoms with Crippen LogP contribution in [0.15, 0.2) is 53.0 Å². The fourth-order valence-corrected chi connectivity index (χ4v) is 3.02. The Morgan fingerprint density at radius 3 is 2.12 bits per heavy atom. The Balaban J connectivity index is 0.00000208. The zero-order chi connectivity index (χ0) is 16.2. The third-order valence-electron chi connectivity index (χ3n) is 3.82. The second-order valence-electron chi connectivity index (χ2n) is 5.42. The molecule has 24 heavy (non-hydrogen) atoms. The van der Waals surface area contributed by atoms with Gasteiger partial charge in [0.05, 0.1) is 17.6 Å². The van der Waals surface area contributed by atoms with Gasteiger partial charge in [0.2, 0.25) is 5.62 Å². The summed E-state index contributed by atoms with van der Waals surface area (Å²) in [6.45, 7) is 4.19. The highest BCUT2D eigenvalue weighted by molar-refractivity contribution is 9.10. The molecule has 0 spiro atoms. The summed E-state index contributed by atoms with van der Waals surface area (Å²) < 4.78 is 10.9. The molecule has 2 aromatic carbocycles. The monoisotopic (exact) mass is 453 g/mol. The second-order valence-corrected chi connectivity index (χ2v) is 6.33. The van der Waals surface area contributed by atoms with Crippen molar-refractivity contribution < 1.29 is 4.74 Å². The Labute approximate surface area is 160 Å². The standard InChI is InChI=1S/C18H20BrN3O.BrH/c1-2-11-21-16-5-3-4-6-17(16)22(18(21)20)12-13-23-15-9-7-14(19)8-10-15;/h3-10,20H,2,11-13H2,1H3;1H. The first-order valence-corrected chi connectivity index (χ1v) is 8.61. The zero-order valence-corrected chi connectivity index (χ0v) is 16.8. The largest absolute Gasteiger partial charge is 0.492 e. The van der Waals surface area contributed by atoms with Crippen LogP contribution >= 0.6 is 32.9 Å². The van der Waals surface area contributed by atoms with Crippen LogP contribution in [0.3, 0.4) is 0 Å². The number of nitrogens with one attached hydrogen (secondary N) is 1. The minimum atomic E-state index is 0. The average Bonchev–Trinajstić information content (AvgIpc) is 2.83. The number of benzene rings is 2. The number of aryl methyl sites for hydroxylation is 1. The zero-order valence-electron chi connectivity index (χ0n) is 13.5. The number of ether oxygens (including phenoxy) is 1. The third-order valence-corrected chi connectivity index (χ3v) is 4.35. The topological polar surface area (TPSA) is 42.9 Å². The molecule has 1 heterocycles. The molecule has 1 aromatic heterocycles. The minimum Gasteiger partial charge on any atom is -0.492 e. The second kappa shape index (κ2) is 8.53. The van der Waals surface area contributed by atoms with Gasteiger partial charge in [0, 0.05) is 11.0 Å². The molecular weight excluding hydrogens is 434 g/mol. The lowest BCUT2D eigenvalue weighted by atomic mass is 10.3.